The van der Waals surface area contributed by atoms with Crippen molar-refractivity contribution in [2.75, 3.05) is 20.1 Å². The van der Waals surface area contributed by atoms with Gasteiger partial charge in [-0.05, 0) is 38.6 Å². The van der Waals surface area contributed by atoms with Gasteiger partial charge in [0.15, 0.2) is 0 Å². The highest BCUT2D eigenvalue weighted by molar-refractivity contribution is 6.31. The number of halogens is 2. The molecule has 1 N–H and O–H groups in total. The molecule has 1 rings (SSSR count). The molecule has 0 unspecified atom stereocenters. The Labute approximate surface area is 105 Å². The molecule has 0 aliphatic carbocycles. The van der Waals surface area contributed by atoms with Crippen molar-refractivity contribution in [3.8, 4) is 0 Å². The first kappa shape index (κ1) is 13.9. The Kier molecular flexibility index (Phi) is 5.38. The number of likely N-dealkylation sites (N-methyl/N-ethyl adjacent to an activating group) is 1. The maximum absolute atomic E-state index is 13.4. The third-order valence-corrected chi connectivity index (χ3v) is 2.79. The minimum Gasteiger partial charge on any atom is -0.480 e. The number of rotatable bonds is 6. The first-order valence-electron chi connectivity index (χ1n) is 5.34. The predicted molar refractivity (Wildman–Crippen MR) is 64.9 cm³/mol. The highest BCUT2D eigenvalue weighted by Gasteiger charge is 2.08. The standard InChI is InChI=1S/C12H15ClFNO2/c1-15(8-12(16)17)7-3-4-9-10(13)5-2-6-11(9)14/h2,5-6H,3-4,7-8H2,1H3,(H,16,17). The lowest BCUT2D eigenvalue weighted by Gasteiger charge is -2.14. The molecule has 0 saturated heterocycles. The van der Waals surface area contributed by atoms with Crippen LogP contribution in [-0.2, 0) is 11.2 Å². The van der Waals surface area contributed by atoms with E-state index in [9.17, 15) is 9.18 Å². The smallest absolute Gasteiger partial charge is 0.317 e. The van der Waals surface area contributed by atoms with Crippen molar-refractivity contribution in [1.29, 1.82) is 0 Å². The summed E-state index contributed by atoms with van der Waals surface area (Å²) in [6.45, 7) is 0.585. The summed E-state index contributed by atoms with van der Waals surface area (Å²) in [6, 6.07) is 4.60. The fourth-order valence-corrected chi connectivity index (χ4v) is 1.86. The molecule has 17 heavy (non-hydrogen) atoms. The Hall–Kier alpha value is -1.13. The van der Waals surface area contributed by atoms with E-state index < -0.39 is 5.97 Å². The zero-order chi connectivity index (χ0) is 12.8. The topological polar surface area (TPSA) is 40.5 Å². The molecule has 3 nitrogen and oxygen atoms in total. The van der Waals surface area contributed by atoms with Gasteiger partial charge in [-0.3, -0.25) is 9.69 Å². The van der Waals surface area contributed by atoms with Crippen LogP contribution >= 0.6 is 11.6 Å². The van der Waals surface area contributed by atoms with E-state index in [2.05, 4.69) is 0 Å². The van der Waals surface area contributed by atoms with Gasteiger partial charge in [0.1, 0.15) is 5.82 Å². The van der Waals surface area contributed by atoms with Crippen molar-refractivity contribution >= 4 is 17.6 Å². The van der Waals surface area contributed by atoms with Crippen LogP contribution in [0.1, 0.15) is 12.0 Å². The molecule has 0 radical (unpaired) electrons. The number of hydrogen-bond acceptors (Lipinski definition) is 2. The summed E-state index contributed by atoms with van der Waals surface area (Å²) in [6.07, 6.45) is 1.18. The highest BCUT2D eigenvalue weighted by atomic mass is 35.5. The molecule has 0 aliphatic rings. The van der Waals surface area contributed by atoms with E-state index in [1.807, 2.05) is 0 Å². The van der Waals surface area contributed by atoms with E-state index in [-0.39, 0.29) is 12.4 Å². The van der Waals surface area contributed by atoms with Gasteiger partial charge in [-0.2, -0.15) is 0 Å². The Bertz CT molecular complexity index is 378. The monoisotopic (exact) mass is 259 g/mol. The van der Waals surface area contributed by atoms with Crippen LogP contribution in [0.3, 0.4) is 0 Å². The molecule has 0 atom stereocenters. The van der Waals surface area contributed by atoms with Crippen molar-refractivity contribution < 1.29 is 14.3 Å². The molecule has 1 aromatic rings. The summed E-state index contributed by atoms with van der Waals surface area (Å²) < 4.78 is 13.4. The van der Waals surface area contributed by atoms with Gasteiger partial charge in [0, 0.05) is 10.6 Å². The molecule has 94 valence electrons. The molecule has 0 fully saturated rings. The second-order valence-corrected chi connectivity index (χ2v) is 4.34. The van der Waals surface area contributed by atoms with E-state index in [1.54, 1.807) is 24.1 Å². The van der Waals surface area contributed by atoms with Crippen LogP contribution in [0.15, 0.2) is 18.2 Å². The van der Waals surface area contributed by atoms with Crippen LogP contribution in [0, 0.1) is 5.82 Å². The minimum absolute atomic E-state index is 0.00892. The van der Waals surface area contributed by atoms with Crippen molar-refractivity contribution in [2.24, 2.45) is 0 Å². The fourth-order valence-electron chi connectivity index (χ4n) is 1.61. The van der Waals surface area contributed by atoms with Gasteiger partial charge in [0.25, 0.3) is 0 Å². The third-order valence-electron chi connectivity index (χ3n) is 2.43. The van der Waals surface area contributed by atoms with Gasteiger partial charge in [-0.15, -0.1) is 0 Å². The maximum atomic E-state index is 13.4. The van der Waals surface area contributed by atoms with Crippen LogP contribution in [0.25, 0.3) is 0 Å². The number of carbonyl (C=O) groups is 1. The highest BCUT2D eigenvalue weighted by Crippen LogP contribution is 2.20. The zero-order valence-corrected chi connectivity index (χ0v) is 10.4. The third kappa shape index (κ3) is 4.71. The average molecular weight is 260 g/mol. The molecular formula is C12H15ClFNO2. The van der Waals surface area contributed by atoms with E-state index >= 15 is 0 Å². The lowest BCUT2D eigenvalue weighted by atomic mass is 10.1. The van der Waals surface area contributed by atoms with E-state index in [1.165, 1.54) is 6.07 Å². The van der Waals surface area contributed by atoms with E-state index in [4.69, 9.17) is 16.7 Å². The lowest BCUT2D eigenvalue weighted by molar-refractivity contribution is -0.137. The van der Waals surface area contributed by atoms with Crippen LogP contribution in [0.2, 0.25) is 5.02 Å². The summed E-state index contributed by atoms with van der Waals surface area (Å²) in [4.78, 5) is 12.1. The Morgan fingerprint density at radius 3 is 2.82 bits per heavy atom. The molecule has 0 amide bonds. The molecule has 5 heteroatoms. The SMILES string of the molecule is CN(CCCc1c(F)cccc1Cl)CC(=O)O. The molecule has 1 aromatic carbocycles. The van der Waals surface area contributed by atoms with Gasteiger partial charge in [-0.1, -0.05) is 17.7 Å². The summed E-state index contributed by atoms with van der Waals surface area (Å²) >= 11 is 5.88. The Balaban J connectivity index is 2.43. The number of carboxylic acid groups (broad SMARTS) is 1. The van der Waals surface area contributed by atoms with Crippen LogP contribution in [-0.4, -0.2) is 36.1 Å². The first-order valence-corrected chi connectivity index (χ1v) is 5.71. The van der Waals surface area contributed by atoms with Crippen LogP contribution < -0.4 is 0 Å². The average Bonchev–Trinajstić information content (AvgIpc) is 2.21. The maximum Gasteiger partial charge on any atom is 0.317 e. The number of aliphatic carboxylic acids is 1. The number of benzene rings is 1. The molecule has 0 bridgehead atoms. The molecular weight excluding hydrogens is 245 g/mol. The number of nitrogens with zero attached hydrogens (tertiary/aromatic N) is 1. The van der Waals surface area contributed by atoms with Crippen molar-refractivity contribution in [3.63, 3.8) is 0 Å². The minimum atomic E-state index is -0.864. The fraction of sp³-hybridized carbons (Fsp3) is 0.417. The van der Waals surface area contributed by atoms with Gasteiger partial charge in [0.05, 0.1) is 6.54 Å². The Morgan fingerprint density at radius 1 is 1.53 bits per heavy atom. The number of carboxylic acids is 1. The molecule has 0 heterocycles. The molecule has 0 saturated carbocycles. The normalized spacial score (nSPS) is 10.8. The predicted octanol–water partition coefficient (Wildman–Crippen LogP) is 2.43. The summed E-state index contributed by atoms with van der Waals surface area (Å²) in [5.41, 5.74) is 0.498. The lowest BCUT2D eigenvalue weighted by Crippen LogP contribution is -2.26. The van der Waals surface area contributed by atoms with Crippen LogP contribution in [0.5, 0.6) is 0 Å². The van der Waals surface area contributed by atoms with Gasteiger partial charge in [-0.25, -0.2) is 4.39 Å². The quantitative estimate of drug-likeness (QED) is 0.853. The molecule has 0 aromatic heterocycles. The second kappa shape index (κ2) is 6.57. The summed E-state index contributed by atoms with van der Waals surface area (Å²) in [7, 11) is 1.72. The van der Waals surface area contributed by atoms with E-state index in [0.717, 1.165) is 0 Å². The summed E-state index contributed by atoms with van der Waals surface area (Å²) in [5, 5.41) is 8.99. The molecule has 0 aliphatic heterocycles. The van der Waals surface area contributed by atoms with Gasteiger partial charge >= 0.3 is 5.97 Å². The Morgan fingerprint density at radius 2 is 2.24 bits per heavy atom. The van der Waals surface area contributed by atoms with Gasteiger partial charge < -0.3 is 5.11 Å². The first-order chi connectivity index (χ1) is 8.00. The van der Waals surface area contributed by atoms with Crippen molar-refractivity contribution in [2.45, 2.75) is 12.8 Å². The summed E-state index contributed by atoms with van der Waals surface area (Å²) in [5.74, 6) is -1.17. The zero-order valence-electron chi connectivity index (χ0n) is 9.62. The van der Waals surface area contributed by atoms with Crippen molar-refractivity contribution in [1.82, 2.24) is 4.90 Å². The molecule has 0 spiro atoms. The number of hydrogen-bond donors (Lipinski definition) is 1. The second-order valence-electron chi connectivity index (χ2n) is 3.94. The van der Waals surface area contributed by atoms with Crippen LogP contribution in [0.4, 0.5) is 4.39 Å². The van der Waals surface area contributed by atoms with Gasteiger partial charge in [0.2, 0.25) is 0 Å². The van der Waals surface area contributed by atoms with E-state index in [0.29, 0.717) is 30.0 Å². The largest absolute Gasteiger partial charge is 0.480 e. The van der Waals surface area contributed by atoms with Crippen molar-refractivity contribution in [3.05, 3.63) is 34.6 Å².